The number of hydrogen-bond acceptors (Lipinski definition) is 6. The van der Waals surface area contributed by atoms with Crippen LogP contribution >= 0.6 is 0 Å². The van der Waals surface area contributed by atoms with Gasteiger partial charge in [-0.05, 0) is 47.5 Å². The molecule has 0 atom stereocenters. The molecule has 30 heavy (non-hydrogen) atoms. The summed E-state index contributed by atoms with van der Waals surface area (Å²) in [5.41, 5.74) is 1.66. The average Bonchev–Trinajstić information content (AvgIpc) is 3.42. The monoisotopic (exact) mass is 408 g/mol. The SMILES string of the molecule is O=C(/C=C/c1ccc2c(c1)OCO2)NCCNC(=O)/C=C/c1ccc2c(c1)OCO2. The summed E-state index contributed by atoms with van der Waals surface area (Å²) < 4.78 is 21.1. The van der Waals surface area contributed by atoms with Crippen molar-refractivity contribution in [3.05, 3.63) is 59.7 Å². The van der Waals surface area contributed by atoms with Crippen LogP contribution in [0.2, 0.25) is 0 Å². The van der Waals surface area contributed by atoms with Gasteiger partial charge in [0.05, 0.1) is 0 Å². The van der Waals surface area contributed by atoms with E-state index in [0.29, 0.717) is 36.1 Å². The van der Waals surface area contributed by atoms with Crippen LogP contribution in [0.1, 0.15) is 11.1 Å². The van der Waals surface area contributed by atoms with Crippen molar-refractivity contribution in [2.75, 3.05) is 26.7 Å². The van der Waals surface area contributed by atoms with Crippen LogP contribution in [0.3, 0.4) is 0 Å². The fraction of sp³-hybridized carbons (Fsp3) is 0.182. The minimum atomic E-state index is -0.252. The number of rotatable bonds is 7. The molecule has 2 aromatic rings. The van der Waals surface area contributed by atoms with Gasteiger partial charge in [-0.2, -0.15) is 0 Å². The van der Waals surface area contributed by atoms with Gasteiger partial charge in [0, 0.05) is 25.2 Å². The molecule has 0 spiro atoms. The van der Waals surface area contributed by atoms with Gasteiger partial charge in [0.1, 0.15) is 0 Å². The van der Waals surface area contributed by atoms with Gasteiger partial charge in [0.25, 0.3) is 0 Å². The number of carbonyl (C=O) groups excluding carboxylic acids is 2. The number of fused-ring (bicyclic) bond motifs is 2. The van der Waals surface area contributed by atoms with E-state index < -0.39 is 0 Å². The van der Waals surface area contributed by atoms with Gasteiger partial charge < -0.3 is 29.6 Å². The second kappa shape index (κ2) is 9.04. The van der Waals surface area contributed by atoms with Crippen molar-refractivity contribution in [3.8, 4) is 23.0 Å². The molecule has 0 unspecified atom stereocenters. The Morgan fingerprint density at radius 3 is 1.60 bits per heavy atom. The Morgan fingerprint density at radius 2 is 1.13 bits per heavy atom. The van der Waals surface area contributed by atoms with Crippen LogP contribution in [-0.2, 0) is 9.59 Å². The zero-order valence-electron chi connectivity index (χ0n) is 16.1. The molecule has 8 heteroatoms. The van der Waals surface area contributed by atoms with Crippen LogP contribution in [0.4, 0.5) is 0 Å². The zero-order chi connectivity index (χ0) is 20.8. The molecule has 0 radical (unpaired) electrons. The second-order valence-corrected chi connectivity index (χ2v) is 6.47. The van der Waals surface area contributed by atoms with E-state index >= 15 is 0 Å². The zero-order valence-corrected chi connectivity index (χ0v) is 16.1. The smallest absolute Gasteiger partial charge is 0.244 e. The van der Waals surface area contributed by atoms with E-state index in [1.165, 1.54) is 12.2 Å². The predicted molar refractivity (Wildman–Crippen MR) is 109 cm³/mol. The third kappa shape index (κ3) is 4.91. The van der Waals surface area contributed by atoms with E-state index in [-0.39, 0.29) is 25.4 Å². The molecule has 2 aromatic carbocycles. The molecule has 0 aromatic heterocycles. The lowest BCUT2D eigenvalue weighted by atomic mass is 10.2. The number of carbonyl (C=O) groups is 2. The van der Waals surface area contributed by atoms with Crippen molar-refractivity contribution in [1.82, 2.24) is 10.6 Å². The summed E-state index contributed by atoms with van der Waals surface area (Å²) in [5.74, 6) is 2.21. The number of nitrogens with one attached hydrogen (secondary N) is 2. The van der Waals surface area contributed by atoms with Crippen LogP contribution in [-0.4, -0.2) is 38.5 Å². The van der Waals surface area contributed by atoms with Crippen molar-refractivity contribution in [2.45, 2.75) is 0 Å². The summed E-state index contributed by atoms with van der Waals surface area (Å²) in [6.07, 6.45) is 6.23. The fourth-order valence-electron chi connectivity index (χ4n) is 2.87. The van der Waals surface area contributed by atoms with Crippen molar-refractivity contribution in [2.24, 2.45) is 0 Å². The number of ether oxygens (including phenoxy) is 4. The first-order chi connectivity index (χ1) is 14.7. The molecule has 4 rings (SSSR count). The van der Waals surface area contributed by atoms with Crippen LogP contribution in [0.5, 0.6) is 23.0 Å². The highest BCUT2D eigenvalue weighted by atomic mass is 16.7. The molecule has 2 amide bonds. The molecule has 154 valence electrons. The van der Waals surface area contributed by atoms with E-state index in [1.807, 2.05) is 12.1 Å². The standard InChI is InChI=1S/C22H20N2O6/c25-21(7-3-15-1-5-17-19(11-15)29-13-27-17)23-9-10-24-22(26)8-4-16-2-6-18-20(12-16)30-14-28-18/h1-8,11-12H,9-10,13-14H2,(H,23,25)(H,24,26)/b7-3+,8-4+. The molecule has 0 fully saturated rings. The molecule has 2 aliphatic heterocycles. The van der Waals surface area contributed by atoms with Gasteiger partial charge in [0.15, 0.2) is 23.0 Å². The highest BCUT2D eigenvalue weighted by Crippen LogP contribution is 2.33. The Kier molecular flexibility index (Phi) is 5.84. The number of benzene rings is 2. The van der Waals surface area contributed by atoms with Crippen molar-refractivity contribution in [3.63, 3.8) is 0 Å². The predicted octanol–water partition coefficient (Wildman–Crippen LogP) is 2.10. The third-order valence-corrected chi connectivity index (χ3v) is 4.37. The highest BCUT2D eigenvalue weighted by molar-refractivity contribution is 5.92. The number of amides is 2. The lowest BCUT2D eigenvalue weighted by Gasteiger charge is -2.03. The minimum Gasteiger partial charge on any atom is -0.454 e. The first-order valence-electron chi connectivity index (χ1n) is 9.38. The Bertz CT molecular complexity index is 933. The Hall–Kier alpha value is -3.94. The topological polar surface area (TPSA) is 95.1 Å². The summed E-state index contributed by atoms with van der Waals surface area (Å²) in [6, 6.07) is 10.9. The largest absolute Gasteiger partial charge is 0.454 e. The molecule has 8 nitrogen and oxygen atoms in total. The molecule has 0 bridgehead atoms. The molecule has 0 saturated carbocycles. The maximum absolute atomic E-state index is 11.9. The van der Waals surface area contributed by atoms with Gasteiger partial charge in [-0.1, -0.05) is 12.1 Å². The van der Waals surface area contributed by atoms with Crippen LogP contribution in [0.25, 0.3) is 12.2 Å². The first kappa shape index (κ1) is 19.4. The average molecular weight is 408 g/mol. The molecule has 0 aliphatic carbocycles. The quantitative estimate of drug-likeness (QED) is 0.538. The fourth-order valence-corrected chi connectivity index (χ4v) is 2.87. The van der Waals surface area contributed by atoms with Gasteiger partial charge in [-0.15, -0.1) is 0 Å². The van der Waals surface area contributed by atoms with Gasteiger partial charge in [-0.25, -0.2) is 0 Å². The maximum Gasteiger partial charge on any atom is 0.244 e. The second-order valence-electron chi connectivity index (χ2n) is 6.47. The van der Waals surface area contributed by atoms with Crippen molar-refractivity contribution >= 4 is 24.0 Å². The Morgan fingerprint density at radius 1 is 0.700 bits per heavy atom. The van der Waals surface area contributed by atoms with Crippen molar-refractivity contribution in [1.29, 1.82) is 0 Å². The van der Waals surface area contributed by atoms with E-state index in [2.05, 4.69) is 10.6 Å². The summed E-state index contributed by atoms with van der Waals surface area (Å²) in [6.45, 7) is 1.04. The molecular weight excluding hydrogens is 388 g/mol. The van der Waals surface area contributed by atoms with Gasteiger partial charge in [-0.3, -0.25) is 9.59 Å². The summed E-state index contributed by atoms with van der Waals surface area (Å²) in [4.78, 5) is 23.8. The summed E-state index contributed by atoms with van der Waals surface area (Å²) >= 11 is 0. The van der Waals surface area contributed by atoms with Gasteiger partial charge in [0.2, 0.25) is 25.4 Å². The molecule has 2 aliphatic rings. The van der Waals surface area contributed by atoms with E-state index in [0.717, 1.165) is 11.1 Å². The highest BCUT2D eigenvalue weighted by Gasteiger charge is 2.13. The lowest BCUT2D eigenvalue weighted by Crippen LogP contribution is -2.33. The summed E-state index contributed by atoms with van der Waals surface area (Å²) in [7, 11) is 0. The molecular formula is C22H20N2O6. The number of hydrogen-bond donors (Lipinski definition) is 2. The summed E-state index contributed by atoms with van der Waals surface area (Å²) in [5, 5.41) is 5.42. The Balaban J connectivity index is 1.16. The molecule has 2 N–H and O–H groups in total. The van der Waals surface area contributed by atoms with E-state index in [9.17, 15) is 9.59 Å². The van der Waals surface area contributed by atoms with E-state index in [4.69, 9.17) is 18.9 Å². The molecule has 2 heterocycles. The van der Waals surface area contributed by atoms with E-state index in [1.54, 1.807) is 36.4 Å². The molecule has 0 saturated heterocycles. The minimum absolute atomic E-state index is 0.209. The Labute approximate surface area is 173 Å². The van der Waals surface area contributed by atoms with Gasteiger partial charge >= 0.3 is 0 Å². The van der Waals surface area contributed by atoms with Crippen LogP contribution < -0.4 is 29.6 Å². The maximum atomic E-state index is 11.9. The third-order valence-electron chi connectivity index (χ3n) is 4.37. The normalized spacial score (nSPS) is 13.7. The first-order valence-corrected chi connectivity index (χ1v) is 9.38. The van der Waals surface area contributed by atoms with Crippen LogP contribution in [0.15, 0.2) is 48.6 Å². The lowest BCUT2D eigenvalue weighted by molar-refractivity contribution is -0.118. The van der Waals surface area contributed by atoms with Crippen LogP contribution in [0, 0.1) is 0 Å². The van der Waals surface area contributed by atoms with Crippen molar-refractivity contribution < 1.29 is 28.5 Å².